The Bertz CT molecular complexity index is 490. The fraction of sp³-hybridized carbons (Fsp3) is 0.429. The zero-order valence-electron chi connectivity index (χ0n) is 10.3. The first-order valence-electron chi connectivity index (χ1n) is 6.03. The molecule has 1 aliphatic rings. The van der Waals surface area contributed by atoms with E-state index in [1.54, 1.807) is 25.1 Å². The summed E-state index contributed by atoms with van der Waals surface area (Å²) in [4.78, 5) is 12.1. The molecule has 0 fully saturated rings. The SMILES string of the molecule is CC(CC#N)C(=O)c1ccc2c(c1)OCCCO2. The second kappa shape index (κ2) is 5.54. The molecule has 0 N–H and O–H groups in total. The average Bonchev–Trinajstić information content (AvgIpc) is 2.62. The molecule has 0 spiro atoms. The van der Waals surface area contributed by atoms with Crippen LogP contribution in [-0.2, 0) is 0 Å². The van der Waals surface area contributed by atoms with Gasteiger partial charge in [-0.1, -0.05) is 6.92 Å². The second-order valence-corrected chi connectivity index (χ2v) is 4.34. The molecule has 1 aliphatic heterocycles. The third-order valence-corrected chi connectivity index (χ3v) is 2.88. The number of carbonyl (C=O) groups is 1. The van der Waals surface area contributed by atoms with Gasteiger partial charge in [-0.15, -0.1) is 0 Å². The molecule has 1 unspecified atom stereocenters. The number of Topliss-reactive ketones (excluding diaryl/α,β-unsaturated/α-hetero) is 1. The summed E-state index contributed by atoms with van der Waals surface area (Å²) in [6, 6.07) is 7.20. The van der Waals surface area contributed by atoms with Crippen molar-refractivity contribution in [2.75, 3.05) is 13.2 Å². The summed E-state index contributed by atoms with van der Waals surface area (Å²) in [6.07, 6.45) is 1.07. The molecule has 4 heteroatoms. The van der Waals surface area contributed by atoms with Crippen molar-refractivity contribution in [1.82, 2.24) is 0 Å². The van der Waals surface area contributed by atoms with Crippen LogP contribution >= 0.6 is 0 Å². The lowest BCUT2D eigenvalue weighted by molar-refractivity contribution is 0.0931. The molecule has 1 heterocycles. The quantitative estimate of drug-likeness (QED) is 0.768. The number of hydrogen-bond acceptors (Lipinski definition) is 4. The molecule has 4 nitrogen and oxygen atoms in total. The van der Waals surface area contributed by atoms with E-state index in [0.29, 0.717) is 30.3 Å². The van der Waals surface area contributed by atoms with E-state index in [9.17, 15) is 4.79 Å². The van der Waals surface area contributed by atoms with Crippen molar-refractivity contribution < 1.29 is 14.3 Å². The van der Waals surface area contributed by atoms with Crippen LogP contribution in [0.4, 0.5) is 0 Å². The van der Waals surface area contributed by atoms with Gasteiger partial charge in [-0.05, 0) is 18.2 Å². The van der Waals surface area contributed by atoms with Gasteiger partial charge in [0.15, 0.2) is 17.3 Å². The molecule has 0 aliphatic carbocycles. The first-order chi connectivity index (χ1) is 8.72. The molecule has 94 valence electrons. The van der Waals surface area contributed by atoms with Crippen LogP contribution in [0, 0.1) is 17.2 Å². The van der Waals surface area contributed by atoms with Crippen LogP contribution in [0.15, 0.2) is 18.2 Å². The molecule has 1 aromatic rings. The Morgan fingerprint density at radius 1 is 1.39 bits per heavy atom. The molecular weight excluding hydrogens is 230 g/mol. The molecule has 0 radical (unpaired) electrons. The minimum atomic E-state index is -0.292. The third-order valence-electron chi connectivity index (χ3n) is 2.88. The first kappa shape index (κ1) is 12.4. The van der Waals surface area contributed by atoms with Crippen LogP contribution in [-0.4, -0.2) is 19.0 Å². The van der Waals surface area contributed by atoms with Crippen LogP contribution < -0.4 is 9.47 Å². The molecule has 2 rings (SSSR count). The monoisotopic (exact) mass is 245 g/mol. The van der Waals surface area contributed by atoms with Crippen LogP contribution in [0.5, 0.6) is 11.5 Å². The number of hydrogen-bond donors (Lipinski definition) is 0. The van der Waals surface area contributed by atoms with Crippen LogP contribution in [0.2, 0.25) is 0 Å². The van der Waals surface area contributed by atoms with Gasteiger partial charge >= 0.3 is 0 Å². The largest absolute Gasteiger partial charge is 0.490 e. The Balaban J connectivity index is 2.23. The number of benzene rings is 1. The van der Waals surface area contributed by atoms with Gasteiger partial charge in [0.2, 0.25) is 0 Å². The van der Waals surface area contributed by atoms with Crippen LogP contribution in [0.25, 0.3) is 0 Å². The highest BCUT2D eigenvalue weighted by atomic mass is 16.5. The number of rotatable bonds is 3. The molecule has 0 amide bonds. The smallest absolute Gasteiger partial charge is 0.166 e. The summed E-state index contributed by atoms with van der Waals surface area (Å²) in [5.74, 6) is 0.964. The number of carbonyl (C=O) groups excluding carboxylic acids is 1. The highest BCUT2D eigenvalue weighted by Crippen LogP contribution is 2.31. The fourth-order valence-electron chi connectivity index (χ4n) is 1.83. The number of nitrogens with zero attached hydrogens (tertiary/aromatic N) is 1. The standard InChI is InChI=1S/C14H15NO3/c1-10(5-6-15)14(16)11-3-4-12-13(9-11)18-8-2-7-17-12/h3-4,9-10H,2,5,7-8H2,1H3. The lowest BCUT2D eigenvalue weighted by Gasteiger charge is -2.10. The van der Waals surface area contributed by atoms with E-state index in [2.05, 4.69) is 0 Å². The van der Waals surface area contributed by atoms with E-state index in [0.717, 1.165) is 6.42 Å². The average molecular weight is 245 g/mol. The molecule has 18 heavy (non-hydrogen) atoms. The summed E-state index contributed by atoms with van der Waals surface area (Å²) in [6.45, 7) is 2.98. The Hall–Kier alpha value is -2.02. The molecule has 0 aromatic heterocycles. The minimum absolute atomic E-state index is 0.0350. The molecule has 0 saturated heterocycles. The zero-order valence-corrected chi connectivity index (χ0v) is 10.3. The van der Waals surface area contributed by atoms with E-state index < -0.39 is 0 Å². The van der Waals surface area contributed by atoms with E-state index in [4.69, 9.17) is 14.7 Å². The van der Waals surface area contributed by atoms with Gasteiger partial charge in [-0.2, -0.15) is 5.26 Å². The third kappa shape index (κ3) is 2.62. The Morgan fingerprint density at radius 2 is 2.11 bits per heavy atom. The van der Waals surface area contributed by atoms with Crippen molar-refractivity contribution in [2.45, 2.75) is 19.8 Å². The molecular formula is C14H15NO3. The van der Waals surface area contributed by atoms with Crippen molar-refractivity contribution in [1.29, 1.82) is 5.26 Å². The van der Waals surface area contributed by atoms with Gasteiger partial charge in [0.25, 0.3) is 0 Å². The molecule has 0 saturated carbocycles. The van der Waals surface area contributed by atoms with Gasteiger partial charge in [0, 0.05) is 24.3 Å². The highest BCUT2D eigenvalue weighted by Gasteiger charge is 2.18. The summed E-state index contributed by atoms with van der Waals surface area (Å²) >= 11 is 0. The van der Waals surface area contributed by atoms with E-state index >= 15 is 0 Å². The minimum Gasteiger partial charge on any atom is -0.490 e. The predicted octanol–water partition coefficient (Wildman–Crippen LogP) is 2.58. The van der Waals surface area contributed by atoms with Crippen molar-refractivity contribution in [3.63, 3.8) is 0 Å². The number of ether oxygens (including phenoxy) is 2. The zero-order chi connectivity index (χ0) is 13.0. The first-order valence-corrected chi connectivity index (χ1v) is 6.03. The van der Waals surface area contributed by atoms with Gasteiger partial charge in [-0.3, -0.25) is 4.79 Å². The second-order valence-electron chi connectivity index (χ2n) is 4.34. The Kier molecular flexibility index (Phi) is 3.83. The summed E-state index contributed by atoms with van der Waals surface area (Å²) in [7, 11) is 0. The van der Waals surface area contributed by atoms with E-state index in [1.165, 1.54) is 0 Å². The lowest BCUT2D eigenvalue weighted by atomic mass is 9.97. The van der Waals surface area contributed by atoms with Crippen LogP contribution in [0.1, 0.15) is 30.1 Å². The van der Waals surface area contributed by atoms with Crippen molar-refractivity contribution in [3.8, 4) is 17.6 Å². The predicted molar refractivity (Wildman–Crippen MR) is 65.8 cm³/mol. The lowest BCUT2D eigenvalue weighted by Crippen LogP contribution is -2.10. The molecule has 1 aromatic carbocycles. The Labute approximate surface area is 106 Å². The summed E-state index contributed by atoms with van der Waals surface area (Å²) in [5.41, 5.74) is 0.571. The molecule has 0 bridgehead atoms. The van der Waals surface area contributed by atoms with E-state index in [1.807, 2.05) is 6.07 Å². The normalized spacial score (nSPS) is 15.3. The summed E-state index contributed by atoms with van der Waals surface area (Å²) < 4.78 is 11.0. The number of nitriles is 1. The van der Waals surface area contributed by atoms with Gasteiger partial charge in [0.05, 0.1) is 19.3 Å². The number of ketones is 1. The van der Waals surface area contributed by atoms with Crippen molar-refractivity contribution >= 4 is 5.78 Å². The van der Waals surface area contributed by atoms with Gasteiger partial charge in [-0.25, -0.2) is 0 Å². The van der Waals surface area contributed by atoms with Crippen LogP contribution in [0.3, 0.4) is 0 Å². The highest BCUT2D eigenvalue weighted by molar-refractivity contribution is 5.98. The van der Waals surface area contributed by atoms with E-state index in [-0.39, 0.29) is 18.1 Å². The maximum atomic E-state index is 12.1. The maximum Gasteiger partial charge on any atom is 0.166 e. The van der Waals surface area contributed by atoms with Crippen molar-refractivity contribution in [2.24, 2.45) is 5.92 Å². The fourth-order valence-corrected chi connectivity index (χ4v) is 1.83. The maximum absolute atomic E-state index is 12.1. The summed E-state index contributed by atoms with van der Waals surface area (Å²) in [5, 5.41) is 8.61. The number of fused-ring (bicyclic) bond motifs is 1. The van der Waals surface area contributed by atoms with Gasteiger partial charge in [0.1, 0.15) is 0 Å². The molecule has 1 atom stereocenters. The van der Waals surface area contributed by atoms with Gasteiger partial charge < -0.3 is 9.47 Å². The Morgan fingerprint density at radius 3 is 2.83 bits per heavy atom. The topological polar surface area (TPSA) is 59.3 Å². The van der Waals surface area contributed by atoms with Crippen molar-refractivity contribution in [3.05, 3.63) is 23.8 Å².